The molecule has 0 heterocycles. The van der Waals surface area contributed by atoms with E-state index in [1.54, 1.807) is 6.07 Å². The van der Waals surface area contributed by atoms with Crippen LogP contribution in [0.1, 0.15) is 18.4 Å². The summed E-state index contributed by atoms with van der Waals surface area (Å²) in [6, 6.07) is 4.61. The van der Waals surface area contributed by atoms with Gasteiger partial charge in [-0.1, -0.05) is 0 Å². The Morgan fingerprint density at radius 1 is 1.42 bits per heavy atom. The van der Waals surface area contributed by atoms with Crippen LogP contribution < -0.4 is 10.6 Å². The number of amides is 2. The monoisotopic (exact) mass is 265 g/mol. The summed E-state index contributed by atoms with van der Waals surface area (Å²) in [7, 11) is 0. The van der Waals surface area contributed by atoms with Gasteiger partial charge in [0.25, 0.3) is 0 Å². The van der Waals surface area contributed by atoms with Crippen LogP contribution in [0.15, 0.2) is 18.2 Å². The van der Waals surface area contributed by atoms with Gasteiger partial charge in [-0.3, -0.25) is 4.79 Å². The molecule has 3 N–H and O–H groups in total. The molecule has 0 aliphatic heterocycles. The summed E-state index contributed by atoms with van der Waals surface area (Å²) in [6.07, 6.45) is 0.261. The summed E-state index contributed by atoms with van der Waals surface area (Å²) in [5, 5.41) is 22.0. The summed E-state index contributed by atoms with van der Waals surface area (Å²) in [5.74, 6) is -1.50. The van der Waals surface area contributed by atoms with Crippen LogP contribution in [0.5, 0.6) is 0 Å². The largest absolute Gasteiger partial charge is 0.481 e. The fourth-order valence-corrected chi connectivity index (χ4v) is 1.33. The number of carboxylic acids is 1. The van der Waals surface area contributed by atoms with Crippen molar-refractivity contribution in [2.75, 3.05) is 11.9 Å². The Morgan fingerprint density at radius 2 is 2.16 bits per heavy atom. The quantitative estimate of drug-likeness (QED) is 0.705. The third kappa shape index (κ3) is 5.04. The highest BCUT2D eigenvalue weighted by atomic mass is 19.1. The number of aliphatic carboxylic acids is 1. The SMILES string of the molecule is N#Cc1cc(F)ccc1NC(=O)NCCCC(=O)O. The Bertz CT molecular complexity index is 525. The van der Waals surface area contributed by atoms with Crippen LogP contribution in [-0.4, -0.2) is 23.7 Å². The van der Waals surface area contributed by atoms with Gasteiger partial charge in [0.05, 0.1) is 11.3 Å². The predicted molar refractivity (Wildman–Crippen MR) is 65.0 cm³/mol. The lowest BCUT2D eigenvalue weighted by molar-refractivity contribution is -0.137. The minimum absolute atomic E-state index is 0.0145. The molecule has 1 aromatic rings. The van der Waals surface area contributed by atoms with Crippen molar-refractivity contribution in [3.05, 3.63) is 29.6 Å². The molecule has 0 atom stereocenters. The van der Waals surface area contributed by atoms with E-state index >= 15 is 0 Å². The molecule has 0 radical (unpaired) electrons. The number of nitrogens with zero attached hydrogens (tertiary/aromatic N) is 1. The number of hydrogen-bond donors (Lipinski definition) is 3. The number of nitrogens with one attached hydrogen (secondary N) is 2. The van der Waals surface area contributed by atoms with Gasteiger partial charge < -0.3 is 15.7 Å². The molecule has 6 nitrogen and oxygen atoms in total. The minimum Gasteiger partial charge on any atom is -0.481 e. The Balaban J connectivity index is 2.49. The van der Waals surface area contributed by atoms with E-state index in [-0.39, 0.29) is 24.2 Å². The van der Waals surface area contributed by atoms with E-state index in [0.29, 0.717) is 6.42 Å². The number of carbonyl (C=O) groups is 2. The standard InChI is InChI=1S/C12H12FN3O3/c13-9-3-4-10(8(6-9)7-14)16-12(19)15-5-1-2-11(17)18/h3-4,6H,1-2,5H2,(H,17,18)(H2,15,16,19). The zero-order valence-electron chi connectivity index (χ0n) is 9.94. The molecule has 1 rings (SSSR count). The maximum absolute atomic E-state index is 12.9. The molecule has 0 unspecified atom stereocenters. The first-order chi connectivity index (χ1) is 9.02. The molecule has 1 aromatic carbocycles. The van der Waals surface area contributed by atoms with Gasteiger partial charge in [0.2, 0.25) is 0 Å². The lowest BCUT2D eigenvalue weighted by Gasteiger charge is -2.08. The van der Waals surface area contributed by atoms with Crippen LogP contribution in [-0.2, 0) is 4.79 Å². The van der Waals surface area contributed by atoms with Crippen molar-refractivity contribution in [3.8, 4) is 6.07 Å². The molecule has 0 aromatic heterocycles. The van der Waals surface area contributed by atoms with Gasteiger partial charge >= 0.3 is 12.0 Å². The maximum Gasteiger partial charge on any atom is 0.319 e. The Labute approximate surface area is 108 Å². The molecule has 2 amide bonds. The molecule has 0 aliphatic rings. The highest BCUT2D eigenvalue weighted by molar-refractivity contribution is 5.90. The van der Waals surface area contributed by atoms with Crippen molar-refractivity contribution in [1.82, 2.24) is 5.32 Å². The second-order valence-corrected chi connectivity index (χ2v) is 3.68. The van der Waals surface area contributed by atoms with Gasteiger partial charge in [0.1, 0.15) is 11.9 Å². The molecule has 0 saturated carbocycles. The van der Waals surface area contributed by atoms with Crippen molar-refractivity contribution in [2.45, 2.75) is 12.8 Å². The number of rotatable bonds is 5. The van der Waals surface area contributed by atoms with Crippen molar-refractivity contribution >= 4 is 17.7 Å². The summed E-state index contributed by atoms with van der Waals surface area (Å²) < 4.78 is 12.9. The molecule has 7 heteroatoms. The summed E-state index contributed by atoms with van der Waals surface area (Å²) in [5.41, 5.74) is 0.209. The lowest BCUT2D eigenvalue weighted by atomic mass is 10.2. The first kappa shape index (κ1) is 14.4. The number of carboxylic acid groups (broad SMARTS) is 1. The van der Waals surface area contributed by atoms with Gasteiger partial charge in [-0.2, -0.15) is 5.26 Å². The van der Waals surface area contributed by atoms with E-state index < -0.39 is 17.8 Å². The summed E-state index contributed by atoms with van der Waals surface area (Å²) in [4.78, 5) is 21.7. The number of benzene rings is 1. The molecule has 0 saturated heterocycles. The smallest absolute Gasteiger partial charge is 0.319 e. The van der Waals surface area contributed by atoms with Crippen molar-refractivity contribution in [2.24, 2.45) is 0 Å². The van der Waals surface area contributed by atoms with Gasteiger partial charge in [0, 0.05) is 13.0 Å². The van der Waals surface area contributed by atoms with Crippen molar-refractivity contribution in [3.63, 3.8) is 0 Å². The summed E-state index contributed by atoms with van der Waals surface area (Å²) >= 11 is 0. The maximum atomic E-state index is 12.9. The normalized spacial score (nSPS) is 9.47. The van der Waals surface area contributed by atoms with Gasteiger partial charge in [-0.25, -0.2) is 9.18 Å². The molecular weight excluding hydrogens is 253 g/mol. The highest BCUT2D eigenvalue weighted by Gasteiger charge is 2.07. The average molecular weight is 265 g/mol. The van der Waals surface area contributed by atoms with E-state index in [0.717, 1.165) is 12.1 Å². The van der Waals surface area contributed by atoms with Gasteiger partial charge in [-0.05, 0) is 24.6 Å². The number of urea groups is 1. The molecule has 100 valence electrons. The van der Waals surface area contributed by atoms with E-state index in [4.69, 9.17) is 10.4 Å². The van der Waals surface area contributed by atoms with Crippen LogP contribution in [0, 0.1) is 17.1 Å². The highest BCUT2D eigenvalue weighted by Crippen LogP contribution is 2.15. The van der Waals surface area contributed by atoms with Crippen LogP contribution in [0.2, 0.25) is 0 Å². The van der Waals surface area contributed by atoms with Gasteiger partial charge in [-0.15, -0.1) is 0 Å². The number of anilines is 1. The first-order valence-corrected chi connectivity index (χ1v) is 5.49. The van der Waals surface area contributed by atoms with E-state index in [1.807, 2.05) is 0 Å². The van der Waals surface area contributed by atoms with Crippen molar-refractivity contribution in [1.29, 1.82) is 5.26 Å². The Hall–Kier alpha value is -2.62. The molecule has 0 bridgehead atoms. The van der Waals surface area contributed by atoms with E-state index in [2.05, 4.69) is 10.6 Å². The molecule has 0 aliphatic carbocycles. The minimum atomic E-state index is -0.937. The van der Waals surface area contributed by atoms with Crippen LogP contribution in [0.25, 0.3) is 0 Å². The second-order valence-electron chi connectivity index (χ2n) is 3.68. The molecule has 0 fully saturated rings. The van der Waals surface area contributed by atoms with Crippen LogP contribution in [0.4, 0.5) is 14.9 Å². The lowest BCUT2D eigenvalue weighted by Crippen LogP contribution is -2.30. The molecule has 0 spiro atoms. The number of nitriles is 1. The van der Waals surface area contributed by atoms with E-state index in [1.165, 1.54) is 6.07 Å². The number of halogens is 1. The average Bonchev–Trinajstić information content (AvgIpc) is 2.36. The van der Waals surface area contributed by atoms with E-state index in [9.17, 15) is 14.0 Å². The van der Waals surface area contributed by atoms with Crippen LogP contribution in [0.3, 0.4) is 0 Å². The summed E-state index contributed by atoms with van der Waals surface area (Å²) in [6.45, 7) is 0.196. The first-order valence-electron chi connectivity index (χ1n) is 5.49. The third-order valence-corrected chi connectivity index (χ3v) is 2.20. The topological polar surface area (TPSA) is 102 Å². The molecule has 19 heavy (non-hydrogen) atoms. The van der Waals surface area contributed by atoms with Crippen LogP contribution >= 0.6 is 0 Å². The zero-order valence-corrected chi connectivity index (χ0v) is 9.94. The third-order valence-electron chi connectivity index (χ3n) is 2.20. The predicted octanol–water partition coefficient (Wildman–Crippen LogP) is 1.68. The fraction of sp³-hybridized carbons (Fsp3) is 0.250. The van der Waals surface area contributed by atoms with Crippen molar-refractivity contribution < 1.29 is 19.1 Å². The zero-order chi connectivity index (χ0) is 14.3. The number of carbonyl (C=O) groups excluding carboxylic acids is 1. The Kier molecular flexibility index (Phi) is 5.29. The number of hydrogen-bond acceptors (Lipinski definition) is 3. The fourth-order valence-electron chi connectivity index (χ4n) is 1.33. The molecular formula is C12H12FN3O3. The second kappa shape index (κ2) is 6.96. The van der Waals surface area contributed by atoms with Gasteiger partial charge in [0.15, 0.2) is 0 Å². The Morgan fingerprint density at radius 3 is 2.79 bits per heavy atom.